The van der Waals surface area contributed by atoms with Crippen LogP contribution in [-0.2, 0) is 4.74 Å². The van der Waals surface area contributed by atoms with Crippen LogP contribution in [0.1, 0.15) is 24.0 Å². The third kappa shape index (κ3) is 2.56. The quantitative estimate of drug-likeness (QED) is 0.797. The molecular weight excluding hydrogens is 214 g/mol. The van der Waals surface area contributed by atoms with Crippen LogP contribution in [0.25, 0.3) is 0 Å². The van der Waals surface area contributed by atoms with Crippen molar-refractivity contribution in [2.24, 2.45) is 0 Å². The number of aromatic nitrogens is 1. The Labute approximate surface area is 102 Å². The molecule has 1 aliphatic rings. The number of anilines is 1. The Morgan fingerprint density at radius 3 is 3.12 bits per heavy atom. The predicted octanol–water partition coefficient (Wildman–Crippen LogP) is 1.88. The lowest BCUT2D eigenvalue weighted by atomic mass is 10.1. The first-order valence-electron chi connectivity index (χ1n) is 5.91. The van der Waals surface area contributed by atoms with Crippen LogP contribution in [0.15, 0.2) is 12.3 Å². The van der Waals surface area contributed by atoms with Crippen LogP contribution in [0.3, 0.4) is 0 Å². The minimum absolute atomic E-state index is 0.272. The van der Waals surface area contributed by atoms with Crippen molar-refractivity contribution in [1.29, 1.82) is 5.26 Å². The molecule has 1 unspecified atom stereocenters. The van der Waals surface area contributed by atoms with Gasteiger partial charge < -0.3 is 9.64 Å². The Hall–Kier alpha value is -1.60. The minimum atomic E-state index is 0.272. The molecule has 1 saturated heterocycles. The molecule has 1 aromatic rings. The van der Waals surface area contributed by atoms with Gasteiger partial charge in [0.1, 0.15) is 11.9 Å². The molecule has 1 atom stereocenters. The Balaban J connectivity index is 2.15. The van der Waals surface area contributed by atoms with Crippen molar-refractivity contribution in [3.8, 4) is 6.07 Å². The first kappa shape index (κ1) is 11.9. The molecule has 0 aromatic carbocycles. The van der Waals surface area contributed by atoms with E-state index in [1.807, 2.05) is 24.9 Å². The summed E-state index contributed by atoms with van der Waals surface area (Å²) < 4.78 is 5.60. The van der Waals surface area contributed by atoms with Gasteiger partial charge in [-0.1, -0.05) is 0 Å². The molecule has 1 aromatic heterocycles. The molecule has 4 nitrogen and oxygen atoms in total. The number of hydrogen-bond acceptors (Lipinski definition) is 4. The molecular formula is C13H17N3O. The van der Waals surface area contributed by atoms with Gasteiger partial charge in [0.15, 0.2) is 0 Å². The summed E-state index contributed by atoms with van der Waals surface area (Å²) in [6, 6.07) is 4.09. The lowest BCUT2D eigenvalue weighted by Gasteiger charge is -2.22. The van der Waals surface area contributed by atoms with Gasteiger partial charge in [-0.3, -0.25) is 0 Å². The van der Waals surface area contributed by atoms with Crippen LogP contribution >= 0.6 is 0 Å². The monoisotopic (exact) mass is 231 g/mol. The Morgan fingerprint density at radius 2 is 2.47 bits per heavy atom. The maximum Gasteiger partial charge on any atom is 0.146 e. The highest BCUT2D eigenvalue weighted by molar-refractivity contribution is 5.56. The highest BCUT2D eigenvalue weighted by Crippen LogP contribution is 2.21. The summed E-state index contributed by atoms with van der Waals surface area (Å²) in [7, 11) is 1.96. The van der Waals surface area contributed by atoms with Crippen LogP contribution < -0.4 is 4.90 Å². The van der Waals surface area contributed by atoms with Crippen LogP contribution in [0.2, 0.25) is 0 Å². The Kier molecular flexibility index (Phi) is 3.60. The summed E-state index contributed by atoms with van der Waals surface area (Å²) in [5.41, 5.74) is 1.63. The smallest absolute Gasteiger partial charge is 0.146 e. The maximum atomic E-state index is 9.16. The van der Waals surface area contributed by atoms with Crippen molar-refractivity contribution >= 4 is 5.82 Å². The molecule has 0 N–H and O–H groups in total. The maximum absolute atomic E-state index is 9.16. The number of likely N-dealkylation sites (N-methyl/N-ethyl adjacent to an activating group) is 1. The van der Waals surface area contributed by atoms with Crippen molar-refractivity contribution in [2.45, 2.75) is 25.9 Å². The van der Waals surface area contributed by atoms with Crippen molar-refractivity contribution in [1.82, 2.24) is 4.98 Å². The zero-order chi connectivity index (χ0) is 12.3. The van der Waals surface area contributed by atoms with Gasteiger partial charge in [0.25, 0.3) is 0 Å². The van der Waals surface area contributed by atoms with E-state index in [2.05, 4.69) is 11.1 Å². The molecule has 0 aliphatic carbocycles. The second-order valence-electron chi connectivity index (χ2n) is 4.45. The summed E-state index contributed by atoms with van der Waals surface area (Å²) in [5.74, 6) is 0.753. The first-order valence-corrected chi connectivity index (χ1v) is 5.91. The van der Waals surface area contributed by atoms with Crippen LogP contribution in [0, 0.1) is 18.3 Å². The van der Waals surface area contributed by atoms with Crippen molar-refractivity contribution in [3.63, 3.8) is 0 Å². The van der Waals surface area contributed by atoms with Gasteiger partial charge in [0.05, 0.1) is 11.7 Å². The van der Waals surface area contributed by atoms with E-state index in [4.69, 9.17) is 10.00 Å². The molecule has 0 saturated carbocycles. The van der Waals surface area contributed by atoms with Crippen molar-refractivity contribution in [3.05, 3.63) is 23.4 Å². The Morgan fingerprint density at radius 1 is 1.65 bits per heavy atom. The largest absolute Gasteiger partial charge is 0.376 e. The van der Waals surface area contributed by atoms with E-state index >= 15 is 0 Å². The summed E-state index contributed by atoms with van der Waals surface area (Å²) in [6.45, 7) is 3.58. The van der Waals surface area contributed by atoms with Gasteiger partial charge in [0.2, 0.25) is 0 Å². The van der Waals surface area contributed by atoms with Gasteiger partial charge in [-0.15, -0.1) is 0 Å². The number of rotatable bonds is 3. The highest BCUT2D eigenvalue weighted by atomic mass is 16.5. The molecule has 2 rings (SSSR count). The average Bonchev–Trinajstić information content (AvgIpc) is 2.81. The van der Waals surface area contributed by atoms with Gasteiger partial charge in [-0.25, -0.2) is 4.98 Å². The number of nitriles is 1. The van der Waals surface area contributed by atoms with Crippen molar-refractivity contribution in [2.75, 3.05) is 25.1 Å². The highest BCUT2D eigenvalue weighted by Gasteiger charge is 2.19. The van der Waals surface area contributed by atoms with E-state index in [0.29, 0.717) is 5.56 Å². The van der Waals surface area contributed by atoms with Crippen molar-refractivity contribution < 1.29 is 4.74 Å². The molecule has 0 radical (unpaired) electrons. The zero-order valence-corrected chi connectivity index (χ0v) is 10.3. The minimum Gasteiger partial charge on any atom is -0.376 e. The summed E-state index contributed by atoms with van der Waals surface area (Å²) in [6.07, 6.45) is 4.24. The van der Waals surface area contributed by atoms with Gasteiger partial charge in [-0.2, -0.15) is 5.26 Å². The third-order valence-corrected chi connectivity index (χ3v) is 3.11. The van der Waals surface area contributed by atoms with Crippen LogP contribution in [0.5, 0.6) is 0 Å². The fourth-order valence-corrected chi connectivity index (χ4v) is 2.15. The van der Waals surface area contributed by atoms with E-state index in [-0.39, 0.29) is 6.10 Å². The van der Waals surface area contributed by atoms with Crippen LogP contribution in [0.4, 0.5) is 5.82 Å². The summed E-state index contributed by atoms with van der Waals surface area (Å²) in [4.78, 5) is 6.32. The second kappa shape index (κ2) is 5.15. The summed E-state index contributed by atoms with van der Waals surface area (Å²) >= 11 is 0. The molecule has 1 aliphatic heterocycles. The van der Waals surface area contributed by atoms with E-state index in [0.717, 1.165) is 37.4 Å². The topological polar surface area (TPSA) is 49.2 Å². The van der Waals surface area contributed by atoms with E-state index < -0.39 is 0 Å². The number of hydrogen-bond donors (Lipinski definition) is 0. The fourth-order valence-electron chi connectivity index (χ4n) is 2.15. The third-order valence-electron chi connectivity index (χ3n) is 3.11. The SMILES string of the molecule is Cc1ccnc(N(C)CC2CCCO2)c1C#N. The molecule has 0 bridgehead atoms. The van der Waals surface area contributed by atoms with Gasteiger partial charge in [0, 0.05) is 26.4 Å². The number of ether oxygens (including phenoxy) is 1. The number of pyridine rings is 1. The normalized spacial score (nSPS) is 19.0. The number of nitrogens with zero attached hydrogens (tertiary/aromatic N) is 3. The number of aryl methyl sites for hydroxylation is 1. The Bertz CT molecular complexity index is 433. The molecule has 1 fully saturated rings. The van der Waals surface area contributed by atoms with E-state index in [1.54, 1.807) is 6.20 Å². The molecule has 90 valence electrons. The molecule has 0 spiro atoms. The zero-order valence-electron chi connectivity index (χ0n) is 10.3. The lowest BCUT2D eigenvalue weighted by Crippen LogP contribution is -2.29. The second-order valence-corrected chi connectivity index (χ2v) is 4.45. The van der Waals surface area contributed by atoms with Gasteiger partial charge in [-0.05, 0) is 31.4 Å². The summed E-state index contributed by atoms with van der Waals surface area (Å²) in [5, 5.41) is 9.16. The van der Waals surface area contributed by atoms with E-state index in [1.165, 1.54) is 0 Å². The van der Waals surface area contributed by atoms with Gasteiger partial charge >= 0.3 is 0 Å². The first-order chi connectivity index (χ1) is 8.22. The molecule has 2 heterocycles. The lowest BCUT2D eigenvalue weighted by molar-refractivity contribution is 0.116. The predicted molar refractivity (Wildman–Crippen MR) is 65.9 cm³/mol. The standard InChI is InChI=1S/C13H17N3O/c1-10-5-6-15-13(12(10)8-14)16(2)9-11-4-3-7-17-11/h5-6,11H,3-4,7,9H2,1-2H3. The van der Waals surface area contributed by atoms with E-state index in [9.17, 15) is 0 Å². The fraction of sp³-hybridized carbons (Fsp3) is 0.538. The molecule has 17 heavy (non-hydrogen) atoms. The average molecular weight is 231 g/mol. The molecule has 0 amide bonds. The van der Waals surface area contributed by atoms with Crippen LogP contribution in [-0.4, -0.2) is 31.3 Å². The molecule has 4 heteroatoms.